The Morgan fingerprint density at radius 2 is 1.71 bits per heavy atom. The molecule has 1 aromatic heterocycles. The number of sulfone groups is 1. The molecule has 3 aromatic carbocycles. The van der Waals surface area contributed by atoms with E-state index in [9.17, 15) is 17.2 Å². The third kappa shape index (κ3) is 5.28. The zero-order chi connectivity index (χ0) is 27.8. The molecule has 198 valence electrons. The maximum absolute atomic E-state index is 13.7. The number of imidazole rings is 1. The number of hydrazine groups is 1. The first-order valence-corrected chi connectivity index (χ1v) is 13.7. The number of aryl methyl sites for hydroxylation is 1. The summed E-state index contributed by atoms with van der Waals surface area (Å²) in [5.41, 5.74) is 9.21. The molecular weight excluding hydrogens is 532 g/mol. The van der Waals surface area contributed by atoms with Crippen molar-refractivity contribution in [2.75, 3.05) is 11.3 Å². The highest BCUT2D eigenvalue weighted by molar-refractivity contribution is 7.90. The van der Waals surface area contributed by atoms with Crippen LogP contribution < -0.4 is 16.6 Å². The summed E-state index contributed by atoms with van der Waals surface area (Å²) in [6, 6.07) is 18.6. The molecule has 4 rings (SSSR count). The molecule has 0 atom stereocenters. The van der Waals surface area contributed by atoms with Gasteiger partial charge in [-0.1, -0.05) is 41.9 Å². The Hall–Kier alpha value is -3.73. The van der Waals surface area contributed by atoms with Gasteiger partial charge >= 0.3 is 0 Å². The number of nitrogens with two attached hydrogens (primary N) is 2. The molecule has 11 heteroatoms. The number of halogens is 3. The lowest BCUT2D eigenvalue weighted by atomic mass is 10.0. The summed E-state index contributed by atoms with van der Waals surface area (Å²) < 4.78 is 53.2. The number of benzene rings is 3. The fourth-order valence-electron chi connectivity index (χ4n) is 4.28. The maximum atomic E-state index is 13.7. The molecule has 7 nitrogen and oxygen atoms in total. The molecule has 0 fully saturated rings. The average molecular weight is 558 g/mol. The van der Waals surface area contributed by atoms with E-state index in [1.54, 1.807) is 79.1 Å². The highest BCUT2D eigenvalue weighted by Crippen LogP contribution is 2.36. The Labute approximate surface area is 224 Å². The van der Waals surface area contributed by atoms with Gasteiger partial charge in [-0.3, -0.25) is 9.58 Å². The van der Waals surface area contributed by atoms with E-state index in [-0.39, 0.29) is 16.3 Å². The molecule has 0 radical (unpaired) electrons. The highest BCUT2D eigenvalue weighted by Gasteiger charge is 2.24. The quantitative estimate of drug-likeness (QED) is 0.220. The second-order valence-corrected chi connectivity index (χ2v) is 11.2. The van der Waals surface area contributed by atoms with E-state index >= 15 is 0 Å². The highest BCUT2D eigenvalue weighted by atomic mass is 35.5. The largest absolute Gasteiger partial charge is 0.403 e. The van der Waals surface area contributed by atoms with Crippen LogP contribution in [0.15, 0.2) is 77.8 Å². The molecule has 0 aliphatic carbocycles. The van der Waals surface area contributed by atoms with Gasteiger partial charge in [0.25, 0.3) is 6.43 Å². The van der Waals surface area contributed by atoms with Crippen LogP contribution in [0.3, 0.4) is 0 Å². The zero-order valence-corrected chi connectivity index (χ0v) is 22.4. The SMILES string of the molecule is Cc1nc(C(F)F)c(C)n1-c1ccc(-c2cccc(S(C)(=O)=O)c2)cc1N(N)/C(=C\N)c1ccc(Cl)cc1. The minimum absolute atomic E-state index is 0.164. The van der Waals surface area contributed by atoms with E-state index < -0.39 is 16.3 Å². The number of alkyl halides is 2. The lowest BCUT2D eigenvalue weighted by molar-refractivity contribution is 0.145. The third-order valence-corrected chi connectivity index (χ3v) is 7.51. The van der Waals surface area contributed by atoms with E-state index in [1.807, 2.05) is 0 Å². The van der Waals surface area contributed by atoms with Gasteiger partial charge in [-0.2, -0.15) is 0 Å². The summed E-state index contributed by atoms with van der Waals surface area (Å²) in [5.74, 6) is 7.00. The van der Waals surface area contributed by atoms with Crippen LogP contribution >= 0.6 is 11.6 Å². The van der Waals surface area contributed by atoms with Gasteiger partial charge in [0, 0.05) is 28.7 Å². The molecule has 0 aliphatic heterocycles. The van der Waals surface area contributed by atoms with E-state index in [4.69, 9.17) is 23.2 Å². The molecule has 4 aromatic rings. The first-order chi connectivity index (χ1) is 17.9. The van der Waals surface area contributed by atoms with Gasteiger partial charge in [-0.05, 0) is 61.4 Å². The fraction of sp³-hybridized carbons (Fsp3) is 0.148. The number of aromatic nitrogens is 2. The first kappa shape index (κ1) is 27.3. The molecule has 0 saturated carbocycles. The van der Waals surface area contributed by atoms with Crippen molar-refractivity contribution in [3.8, 4) is 16.8 Å². The van der Waals surface area contributed by atoms with Crippen LogP contribution in [0.4, 0.5) is 14.5 Å². The lowest BCUT2D eigenvalue weighted by Crippen LogP contribution is -2.31. The van der Waals surface area contributed by atoms with Crippen molar-refractivity contribution in [1.82, 2.24) is 9.55 Å². The molecule has 4 N–H and O–H groups in total. The first-order valence-electron chi connectivity index (χ1n) is 11.4. The van der Waals surface area contributed by atoms with Crippen LogP contribution in [-0.4, -0.2) is 24.2 Å². The zero-order valence-electron chi connectivity index (χ0n) is 20.9. The molecule has 0 unspecified atom stereocenters. The van der Waals surface area contributed by atoms with Crippen LogP contribution in [0.25, 0.3) is 22.5 Å². The summed E-state index contributed by atoms with van der Waals surface area (Å²) in [7, 11) is -3.44. The van der Waals surface area contributed by atoms with Crippen molar-refractivity contribution >= 4 is 32.8 Å². The van der Waals surface area contributed by atoms with Crippen molar-refractivity contribution in [3.05, 3.63) is 101 Å². The van der Waals surface area contributed by atoms with Crippen LogP contribution in [0.1, 0.15) is 29.2 Å². The van der Waals surface area contributed by atoms with Crippen LogP contribution in [0.5, 0.6) is 0 Å². The molecule has 0 amide bonds. The van der Waals surface area contributed by atoms with E-state index in [1.165, 1.54) is 17.3 Å². The van der Waals surface area contributed by atoms with Crippen molar-refractivity contribution in [2.45, 2.75) is 25.2 Å². The molecule has 0 aliphatic rings. The monoisotopic (exact) mass is 557 g/mol. The fourth-order valence-corrected chi connectivity index (χ4v) is 5.07. The number of hydrogen-bond donors (Lipinski definition) is 2. The minimum atomic E-state index is -3.44. The summed E-state index contributed by atoms with van der Waals surface area (Å²) in [4.78, 5) is 4.24. The predicted molar refractivity (Wildman–Crippen MR) is 147 cm³/mol. The summed E-state index contributed by atoms with van der Waals surface area (Å²) in [6.07, 6.45) is -0.279. The number of rotatable bonds is 7. The minimum Gasteiger partial charge on any atom is -0.403 e. The van der Waals surface area contributed by atoms with E-state index in [0.717, 1.165) is 6.26 Å². The number of nitrogens with zero attached hydrogens (tertiary/aromatic N) is 3. The summed E-state index contributed by atoms with van der Waals surface area (Å²) >= 11 is 6.05. The third-order valence-electron chi connectivity index (χ3n) is 6.15. The number of anilines is 1. The van der Waals surface area contributed by atoms with Gasteiger partial charge in [-0.25, -0.2) is 28.0 Å². The van der Waals surface area contributed by atoms with Crippen molar-refractivity contribution in [1.29, 1.82) is 0 Å². The second kappa shape index (κ2) is 10.6. The van der Waals surface area contributed by atoms with Crippen molar-refractivity contribution in [2.24, 2.45) is 11.6 Å². The van der Waals surface area contributed by atoms with Gasteiger partial charge < -0.3 is 5.73 Å². The lowest BCUT2D eigenvalue weighted by Gasteiger charge is -2.26. The van der Waals surface area contributed by atoms with E-state index in [0.29, 0.717) is 44.6 Å². The maximum Gasteiger partial charge on any atom is 0.282 e. The molecule has 38 heavy (non-hydrogen) atoms. The van der Waals surface area contributed by atoms with Crippen LogP contribution in [-0.2, 0) is 9.84 Å². The van der Waals surface area contributed by atoms with Gasteiger partial charge in [0.2, 0.25) is 0 Å². The van der Waals surface area contributed by atoms with Gasteiger partial charge in [0.1, 0.15) is 11.5 Å². The molecule has 0 saturated heterocycles. The average Bonchev–Trinajstić information content (AvgIpc) is 3.18. The second-order valence-electron chi connectivity index (χ2n) is 8.70. The normalized spacial score (nSPS) is 12.3. The van der Waals surface area contributed by atoms with E-state index in [2.05, 4.69) is 4.98 Å². The van der Waals surface area contributed by atoms with Crippen LogP contribution in [0.2, 0.25) is 5.02 Å². The Kier molecular flexibility index (Phi) is 7.59. The Balaban J connectivity index is 1.95. The summed E-state index contributed by atoms with van der Waals surface area (Å²) in [6.45, 7) is 3.19. The smallest absolute Gasteiger partial charge is 0.282 e. The summed E-state index contributed by atoms with van der Waals surface area (Å²) in [5, 5.41) is 1.88. The Morgan fingerprint density at radius 3 is 2.29 bits per heavy atom. The van der Waals surface area contributed by atoms with Gasteiger partial charge in [0.15, 0.2) is 9.84 Å². The van der Waals surface area contributed by atoms with Crippen molar-refractivity contribution in [3.63, 3.8) is 0 Å². The Bertz CT molecular complexity index is 1630. The standard InChI is InChI=1S/C27H26ClF2N5O2S/c1-16-26(27(29)30)33-17(2)34(16)23-12-9-20(19-5-4-6-22(13-19)38(3,36)37)14-24(23)35(32)25(15-31)18-7-10-21(28)11-8-18/h4-15,27H,31-32H2,1-3H3/b25-15-. The Morgan fingerprint density at radius 1 is 1.05 bits per heavy atom. The topological polar surface area (TPSA) is 107 Å². The van der Waals surface area contributed by atoms with Gasteiger partial charge in [0.05, 0.1) is 22.0 Å². The van der Waals surface area contributed by atoms with Crippen LogP contribution in [0, 0.1) is 13.8 Å². The molecule has 0 spiro atoms. The molecular formula is C27H26ClF2N5O2S. The molecule has 0 bridgehead atoms. The van der Waals surface area contributed by atoms with Crippen molar-refractivity contribution < 1.29 is 17.2 Å². The molecule has 1 heterocycles. The number of hydrogen-bond acceptors (Lipinski definition) is 6. The van der Waals surface area contributed by atoms with Gasteiger partial charge in [-0.15, -0.1) is 0 Å². The predicted octanol–water partition coefficient (Wildman–Crippen LogP) is 5.79.